The van der Waals surface area contributed by atoms with Gasteiger partial charge in [0.05, 0.1) is 17.1 Å². The van der Waals surface area contributed by atoms with Crippen molar-refractivity contribution in [3.63, 3.8) is 0 Å². The van der Waals surface area contributed by atoms with Gasteiger partial charge in [-0.05, 0) is 36.4 Å². The normalized spacial score (nSPS) is 10.4. The van der Waals surface area contributed by atoms with Crippen LogP contribution >= 0.6 is 20.2 Å². The molecule has 148 valence electrons. The van der Waals surface area contributed by atoms with Crippen LogP contribution in [0.4, 0.5) is 0 Å². The molecule has 0 aliphatic rings. The molecule has 0 fully saturated rings. The summed E-state index contributed by atoms with van der Waals surface area (Å²) in [5, 5.41) is 0. The Morgan fingerprint density at radius 1 is 0.857 bits per heavy atom. The van der Waals surface area contributed by atoms with Crippen molar-refractivity contribution in [3.8, 4) is 0 Å². The summed E-state index contributed by atoms with van der Waals surface area (Å²) in [6.45, 7) is 1.87. The quantitative estimate of drug-likeness (QED) is 0.546. The van der Waals surface area contributed by atoms with Crippen LogP contribution in [-0.2, 0) is 32.8 Å². The van der Waals surface area contributed by atoms with Crippen molar-refractivity contribution in [2.24, 2.45) is 5.73 Å². The number of halogens is 2. The summed E-state index contributed by atoms with van der Waals surface area (Å²) in [4.78, 5) is 26.6. The van der Waals surface area contributed by atoms with E-state index in [9.17, 15) is 4.79 Å². The van der Waals surface area contributed by atoms with Gasteiger partial charge in [0.1, 0.15) is 5.69 Å². The monoisotopic (exact) mass is 459 g/mol. The Morgan fingerprint density at radius 3 is 1.82 bits per heavy atom. The fourth-order valence-corrected chi connectivity index (χ4v) is 2.54. The molecule has 3 rings (SSSR count). The number of pyridine rings is 3. The van der Waals surface area contributed by atoms with Crippen molar-refractivity contribution < 1.29 is 17.9 Å². The van der Waals surface area contributed by atoms with Gasteiger partial charge in [-0.2, -0.15) is 0 Å². The molecule has 0 unspecified atom stereocenters. The van der Waals surface area contributed by atoms with Crippen LogP contribution in [0.2, 0.25) is 0 Å². The molecule has 0 saturated heterocycles. The number of rotatable bonds is 7. The average Bonchev–Trinajstić information content (AvgIpc) is 2.70. The van der Waals surface area contributed by atoms with Gasteiger partial charge in [-0.3, -0.25) is 19.7 Å². The van der Waals surface area contributed by atoms with Crippen molar-refractivity contribution in [3.05, 3.63) is 89.8 Å². The minimum atomic E-state index is -0.525. The molecule has 0 aliphatic carbocycles. The summed E-state index contributed by atoms with van der Waals surface area (Å²) in [6.07, 6.45) is 3.56. The fraction of sp³-hybridized carbons (Fsp3) is 0.158. The van der Waals surface area contributed by atoms with Gasteiger partial charge in [-0.25, -0.2) is 4.98 Å². The Balaban J connectivity index is 0.000000878. The molecule has 28 heavy (non-hydrogen) atoms. The second-order valence-electron chi connectivity index (χ2n) is 5.72. The minimum absolute atomic E-state index is 0.194. The van der Waals surface area contributed by atoms with E-state index in [-0.39, 0.29) is 18.8 Å². The first-order valence-electron chi connectivity index (χ1n) is 8.25. The third-order valence-electron chi connectivity index (χ3n) is 3.67. The molecule has 0 radical (unpaired) electrons. The molecule has 0 aromatic carbocycles. The maximum atomic E-state index is 11.3. The number of nitrogens with two attached hydrogens (primary N) is 1. The van der Waals surface area contributed by atoms with Crippen molar-refractivity contribution in [2.75, 3.05) is 0 Å². The molecule has 0 saturated carbocycles. The number of amides is 1. The van der Waals surface area contributed by atoms with E-state index in [0.29, 0.717) is 19.6 Å². The fourth-order valence-electron chi connectivity index (χ4n) is 2.54. The number of carbonyl (C=O) groups excluding carboxylic acids is 1. The Kier molecular flexibility index (Phi) is 9.89. The molecule has 0 atom stereocenters. The van der Waals surface area contributed by atoms with Crippen LogP contribution in [0, 0.1) is 0 Å². The van der Waals surface area contributed by atoms with Crippen molar-refractivity contribution in [1.29, 1.82) is 0 Å². The van der Waals surface area contributed by atoms with Gasteiger partial charge in [0, 0.05) is 32.0 Å². The Morgan fingerprint density at radius 2 is 1.36 bits per heavy atom. The van der Waals surface area contributed by atoms with Crippen LogP contribution < -0.4 is 5.73 Å². The second-order valence-corrected chi connectivity index (χ2v) is 7.54. The first-order valence-corrected chi connectivity index (χ1v) is 11.3. The molecule has 0 aliphatic heterocycles. The van der Waals surface area contributed by atoms with Crippen LogP contribution in [0.3, 0.4) is 0 Å². The van der Waals surface area contributed by atoms with Crippen LogP contribution in [0.15, 0.2) is 67.0 Å². The summed E-state index contributed by atoms with van der Waals surface area (Å²) >= 11 is 0.194. The van der Waals surface area contributed by atoms with Gasteiger partial charge < -0.3 is 5.73 Å². The molecule has 1 amide bonds. The molecule has 3 aromatic heterocycles. The third-order valence-corrected chi connectivity index (χ3v) is 3.67. The summed E-state index contributed by atoms with van der Waals surface area (Å²) in [5.74, 6) is -0.525. The predicted octanol–water partition coefficient (Wildman–Crippen LogP) is 3.55. The molecule has 3 aromatic rings. The van der Waals surface area contributed by atoms with Crippen LogP contribution in [0.1, 0.15) is 27.6 Å². The third kappa shape index (κ3) is 7.92. The van der Waals surface area contributed by atoms with Crippen molar-refractivity contribution >= 4 is 26.1 Å². The van der Waals surface area contributed by atoms with E-state index in [4.69, 9.17) is 25.9 Å². The molecule has 0 bridgehead atoms. The molecular weight excluding hydrogens is 441 g/mol. The molecule has 6 nitrogen and oxygen atoms in total. The first-order chi connectivity index (χ1) is 13.6. The predicted molar refractivity (Wildman–Crippen MR) is 106 cm³/mol. The zero-order chi connectivity index (χ0) is 20.2. The maximum absolute atomic E-state index is 11.3. The zero-order valence-electron chi connectivity index (χ0n) is 14.9. The molecular formula is C19H19Cl2FeN5O. The van der Waals surface area contributed by atoms with Crippen LogP contribution in [-0.4, -0.2) is 25.8 Å². The molecule has 0 spiro atoms. The summed E-state index contributed by atoms with van der Waals surface area (Å²) in [6, 6.07) is 17.0. The number of nitrogens with zero attached hydrogens (tertiary/aromatic N) is 4. The molecule has 2 N–H and O–H groups in total. The molecule has 3 heterocycles. The van der Waals surface area contributed by atoms with Gasteiger partial charge in [-0.15, -0.1) is 0 Å². The second kappa shape index (κ2) is 12.4. The van der Waals surface area contributed by atoms with Gasteiger partial charge in [0.2, 0.25) is 0 Å². The Bertz CT molecular complexity index is 814. The van der Waals surface area contributed by atoms with Crippen molar-refractivity contribution in [2.45, 2.75) is 19.6 Å². The summed E-state index contributed by atoms with van der Waals surface area (Å²) in [5.41, 5.74) is 8.30. The number of aromatic nitrogens is 3. The number of carbonyl (C=O) groups is 1. The number of primary amides is 1. The van der Waals surface area contributed by atoms with E-state index < -0.39 is 5.91 Å². The number of hydrogen-bond donors (Lipinski definition) is 1. The average molecular weight is 460 g/mol. The Labute approximate surface area is 178 Å². The van der Waals surface area contributed by atoms with Gasteiger partial charge >= 0.3 is 33.3 Å². The summed E-state index contributed by atoms with van der Waals surface area (Å²) < 4.78 is 0. The van der Waals surface area contributed by atoms with Crippen LogP contribution in [0.5, 0.6) is 0 Å². The SMILES string of the molecule is NC(=O)c1cccc(CN(Cc2ccccn2)Cc2ccccn2)n1.[Cl][Fe][Cl]. The van der Waals surface area contributed by atoms with Gasteiger partial charge in [0.15, 0.2) is 0 Å². The zero-order valence-corrected chi connectivity index (χ0v) is 17.5. The first kappa shape index (κ1) is 22.3. The van der Waals surface area contributed by atoms with E-state index in [1.807, 2.05) is 42.5 Å². The van der Waals surface area contributed by atoms with E-state index in [0.717, 1.165) is 17.1 Å². The van der Waals surface area contributed by atoms with Gasteiger partial charge in [0.25, 0.3) is 5.91 Å². The van der Waals surface area contributed by atoms with Gasteiger partial charge in [-0.1, -0.05) is 18.2 Å². The van der Waals surface area contributed by atoms with E-state index in [2.05, 4.69) is 19.9 Å². The van der Waals surface area contributed by atoms with Crippen molar-refractivity contribution in [1.82, 2.24) is 19.9 Å². The number of hydrogen-bond acceptors (Lipinski definition) is 5. The standard InChI is InChI=1S/C19H19N5O.2ClH.Fe/c20-19(25)18-9-5-8-17(23-18)14-24(12-15-6-1-3-10-21-15)13-16-7-2-4-11-22-16;;;/h1-11H,12-14H2,(H2,20,25);2*1H;/q;;;+2/p-2. The Hall–Kier alpha value is -2.02. The summed E-state index contributed by atoms with van der Waals surface area (Å²) in [7, 11) is 9.53. The van der Waals surface area contributed by atoms with E-state index in [1.54, 1.807) is 24.5 Å². The van der Waals surface area contributed by atoms with E-state index >= 15 is 0 Å². The molecule has 9 heteroatoms. The van der Waals surface area contributed by atoms with Crippen LogP contribution in [0.25, 0.3) is 0 Å². The van der Waals surface area contributed by atoms with E-state index in [1.165, 1.54) is 0 Å². The topological polar surface area (TPSA) is 85.0 Å².